The van der Waals surface area contributed by atoms with Gasteiger partial charge in [-0.15, -0.1) is 0 Å². The molecular formula is C19H18N4O4S. The summed E-state index contributed by atoms with van der Waals surface area (Å²) >= 11 is 0. The number of anilines is 1. The number of hydrogen-bond acceptors (Lipinski definition) is 5. The predicted octanol–water partition coefficient (Wildman–Crippen LogP) is 2.26. The number of amides is 2. The molecule has 0 fully saturated rings. The van der Waals surface area contributed by atoms with Crippen molar-refractivity contribution in [1.29, 1.82) is 0 Å². The van der Waals surface area contributed by atoms with Gasteiger partial charge in [0.1, 0.15) is 0 Å². The van der Waals surface area contributed by atoms with Crippen LogP contribution in [-0.2, 0) is 14.8 Å². The zero-order chi connectivity index (χ0) is 20.3. The fraction of sp³-hybridized carbons (Fsp3) is 0.105. The Labute approximate surface area is 162 Å². The number of sulfonamides is 1. The number of benzene rings is 2. The Morgan fingerprint density at radius 2 is 1.64 bits per heavy atom. The van der Waals surface area contributed by atoms with E-state index in [1.807, 2.05) is 35.1 Å². The SMILES string of the molecule is CC(=O)NS(=O)(=O)c1ccc(NC(=O)c2cnn(-c3ccccc3)c2C)cc1. The third kappa shape index (κ3) is 4.09. The molecule has 9 heteroatoms. The maximum atomic E-state index is 12.6. The second-order valence-electron chi connectivity index (χ2n) is 6.03. The monoisotopic (exact) mass is 398 g/mol. The minimum atomic E-state index is -3.92. The summed E-state index contributed by atoms with van der Waals surface area (Å²) in [6.45, 7) is 2.90. The van der Waals surface area contributed by atoms with Crippen LogP contribution in [0.2, 0.25) is 0 Å². The second-order valence-corrected chi connectivity index (χ2v) is 7.71. The molecule has 144 valence electrons. The first-order chi connectivity index (χ1) is 13.3. The first-order valence-corrected chi connectivity index (χ1v) is 9.81. The number of carbonyl (C=O) groups excluding carboxylic acids is 2. The van der Waals surface area contributed by atoms with Gasteiger partial charge in [0.25, 0.3) is 15.9 Å². The molecule has 0 aliphatic carbocycles. The van der Waals surface area contributed by atoms with E-state index in [2.05, 4.69) is 10.4 Å². The van der Waals surface area contributed by atoms with Gasteiger partial charge in [0.2, 0.25) is 5.91 Å². The first-order valence-electron chi connectivity index (χ1n) is 8.33. The van der Waals surface area contributed by atoms with Crippen LogP contribution in [0, 0.1) is 6.92 Å². The number of hydrogen-bond donors (Lipinski definition) is 2. The first kappa shape index (κ1) is 19.3. The van der Waals surface area contributed by atoms with Gasteiger partial charge in [-0.25, -0.2) is 17.8 Å². The van der Waals surface area contributed by atoms with Crippen LogP contribution in [0.25, 0.3) is 5.69 Å². The van der Waals surface area contributed by atoms with Crippen LogP contribution >= 0.6 is 0 Å². The lowest BCUT2D eigenvalue weighted by molar-refractivity contribution is -0.117. The highest BCUT2D eigenvalue weighted by atomic mass is 32.2. The average molecular weight is 398 g/mol. The fourth-order valence-corrected chi connectivity index (χ4v) is 3.62. The molecule has 0 saturated carbocycles. The van der Waals surface area contributed by atoms with Gasteiger partial charge < -0.3 is 5.32 Å². The molecule has 28 heavy (non-hydrogen) atoms. The molecular weight excluding hydrogens is 380 g/mol. The number of aromatic nitrogens is 2. The molecule has 0 radical (unpaired) electrons. The molecule has 3 rings (SSSR count). The lowest BCUT2D eigenvalue weighted by atomic mass is 10.2. The molecule has 0 atom stereocenters. The minimum Gasteiger partial charge on any atom is -0.322 e. The summed E-state index contributed by atoms with van der Waals surface area (Å²) in [7, 11) is -3.92. The van der Waals surface area contributed by atoms with Crippen molar-refractivity contribution in [2.75, 3.05) is 5.32 Å². The summed E-state index contributed by atoms with van der Waals surface area (Å²) in [5.41, 5.74) is 2.33. The van der Waals surface area contributed by atoms with Crippen LogP contribution < -0.4 is 10.0 Å². The quantitative estimate of drug-likeness (QED) is 0.685. The molecule has 0 unspecified atom stereocenters. The Hall–Kier alpha value is -3.46. The summed E-state index contributed by atoms with van der Waals surface area (Å²) < 4.78 is 27.4. The van der Waals surface area contributed by atoms with E-state index in [0.717, 1.165) is 12.6 Å². The highest BCUT2D eigenvalue weighted by Gasteiger charge is 2.17. The van der Waals surface area contributed by atoms with Crippen molar-refractivity contribution in [2.24, 2.45) is 0 Å². The molecule has 0 spiro atoms. The number of carbonyl (C=O) groups is 2. The van der Waals surface area contributed by atoms with E-state index >= 15 is 0 Å². The zero-order valence-electron chi connectivity index (χ0n) is 15.2. The molecule has 8 nitrogen and oxygen atoms in total. The third-order valence-electron chi connectivity index (χ3n) is 3.96. The lowest BCUT2D eigenvalue weighted by Gasteiger charge is -2.08. The van der Waals surface area contributed by atoms with Crippen LogP contribution in [0.4, 0.5) is 5.69 Å². The van der Waals surface area contributed by atoms with E-state index < -0.39 is 15.9 Å². The van der Waals surface area contributed by atoms with Crippen molar-refractivity contribution in [3.63, 3.8) is 0 Å². The summed E-state index contributed by atoms with van der Waals surface area (Å²) in [4.78, 5) is 23.5. The van der Waals surface area contributed by atoms with Gasteiger partial charge in [0.15, 0.2) is 0 Å². The molecule has 2 aromatic carbocycles. The second kappa shape index (κ2) is 7.65. The Morgan fingerprint density at radius 3 is 2.25 bits per heavy atom. The highest BCUT2D eigenvalue weighted by Crippen LogP contribution is 2.18. The van der Waals surface area contributed by atoms with E-state index in [4.69, 9.17) is 0 Å². The highest BCUT2D eigenvalue weighted by molar-refractivity contribution is 7.90. The molecule has 0 saturated heterocycles. The largest absolute Gasteiger partial charge is 0.322 e. The molecule has 1 aromatic heterocycles. The van der Waals surface area contributed by atoms with E-state index in [-0.39, 0.29) is 10.8 Å². The van der Waals surface area contributed by atoms with Crippen LogP contribution in [0.5, 0.6) is 0 Å². The normalized spacial score (nSPS) is 11.1. The van der Waals surface area contributed by atoms with Gasteiger partial charge in [-0.3, -0.25) is 9.59 Å². The van der Waals surface area contributed by atoms with Gasteiger partial charge in [0, 0.05) is 12.6 Å². The van der Waals surface area contributed by atoms with Crippen molar-refractivity contribution in [2.45, 2.75) is 18.7 Å². The Morgan fingerprint density at radius 1 is 1.00 bits per heavy atom. The van der Waals surface area contributed by atoms with Gasteiger partial charge in [-0.05, 0) is 43.3 Å². The van der Waals surface area contributed by atoms with E-state index in [9.17, 15) is 18.0 Å². The Balaban J connectivity index is 1.77. The lowest BCUT2D eigenvalue weighted by Crippen LogP contribution is -2.28. The van der Waals surface area contributed by atoms with E-state index in [1.165, 1.54) is 30.5 Å². The third-order valence-corrected chi connectivity index (χ3v) is 5.40. The maximum absolute atomic E-state index is 12.6. The topological polar surface area (TPSA) is 110 Å². The summed E-state index contributed by atoms with van der Waals surface area (Å²) in [6, 6.07) is 14.9. The summed E-state index contributed by atoms with van der Waals surface area (Å²) in [5.74, 6) is -1.04. The molecule has 0 aliphatic heterocycles. The van der Waals surface area contributed by atoms with Crippen molar-refractivity contribution >= 4 is 27.5 Å². The Bertz CT molecular complexity index is 1120. The van der Waals surface area contributed by atoms with Gasteiger partial charge in [-0.2, -0.15) is 5.10 Å². The summed E-state index contributed by atoms with van der Waals surface area (Å²) in [5, 5.41) is 6.97. The average Bonchev–Trinajstić information content (AvgIpc) is 3.03. The molecule has 2 amide bonds. The van der Waals surface area contributed by atoms with Gasteiger partial charge >= 0.3 is 0 Å². The molecule has 3 aromatic rings. The van der Waals surface area contributed by atoms with Crippen LogP contribution in [-0.4, -0.2) is 30.0 Å². The molecule has 1 heterocycles. The number of nitrogens with zero attached hydrogens (tertiary/aromatic N) is 2. The maximum Gasteiger partial charge on any atom is 0.264 e. The molecule has 0 bridgehead atoms. The smallest absolute Gasteiger partial charge is 0.264 e. The molecule has 2 N–H and O–H groups in total. The van der Waals surface area contributed by atoms with Gasteiger partial charge in [0.05, 0.1) is 28.0 Å². The van der Waals surface area contributed by atoms with E-state index in [0.29, 0.717) is 16.9 Å². The van der Waals surface area contributed by atoms with Crippen LogP contribution in [0.3, 0.4) is 0 Å². The van der Waals surface area contributed by atoms with Crippen molar-refractivity contribution in [1.82, 2.24) is 14.5 Å². The van der Waals surface area contributed by atoms with Crippen LogP contribution in [0.15, 0.2) is 65.7 Å². The van der Waals surface area contributed by atoms with Crippen molar-refractivity contribution in [3.8, 4) is 5.69 Å². The number of para-hydroxylation sites is 1. The zero-order valence-corrected chi connectivity index (χ0v) is 16.0. The molecule has 0 aliphatic rings. The Kier molecular flexibility index (Phi) is 5.27. The van der Waals surface area contributed by atoms with E-state index in [1.54, 1.807) is 11.6 Å². The standard InChI is InChI=1S/C19H18N4O4S/c1-13-18(12-20-23(13)16-6-4-3-5-7-16)19(25)21-15-8-10-17(11-9-15)28(26,27)22-14(2)24/h3-12H,1-2H3,(H,21,25)(H,22,24). The fourth-order valence-electron chi connectivity index (χ4n) is 2.63. The van der Waals surface area contributed by atoms with Crippen molar-refractivity contribution < 1.29 is 18.0 Å². The van der Waals surface area contributed by atoms with Crippen molar-refractivity contribution in [3.05, 3.63) is 72.1 Å². The number of nitrogens with one attached hydrogen (secondary N) is 2. The van der Waals surface area contributed by atoms with Crippen LogP contribution in [0.1, 0.15) is 23.0 Å². The predicted molar refractivity (Wildman–Crippen MR) is 104 cm³/mol. The number of rotatable bonds is 5. The summed E-state index contributed by atoms with van der Waals surface area (Å²) in [6.07, 6.45) is 1.48. The van der Waals surface area contributed by atoms with Gasteiger partial charge in [-0.1, -0.05) is 18.2 Å². The minimum absolute atomic E-state index is 0.0752.